The van der Waals surface area contributed by atoms with E-state index in [-0.39, 0.29) is 5.97 Å². The van der Waals surface area contributed by atoms with E-state index < -0.39 is 0 Å². The lowest BCUT2D eigenvalue weighted by molar-refractivity contribution is -0.140. The van der Waals surface area contributed by atoms with Crippen LogP contribution in [0.15, 0.2) is 24.3 Å². The van der Waals surface area contributed by atoms with Crippen molar-refractivity contribution in [2.45, 2.75) is 19.3 Å². The molecule has 0 aliphatic rings. The van der Waals surface area contributed by atoms with Gasteiger partial charge in [-0.1, -0.05) is 30.0 Å². The van der Waals surface area contributed by atoms with Crippen molar-refractivity contribution in [2.75, 3.05) is 20.7 Å². The summed E-state index contributed by atoms with van der Waals surface area (Å²) in [6.07, 6.45) is 1.89. The van der Waals surface area contributed by atoms with E-state index in [2.05, 4.69) is 21.9 Å². The van der Waals surface area contributed by atoms with Crippen LogP contribution in [-0.4, -0.2) is 26.7 Å². The molecule has 0 radical (unpaired) electrons. The molecule has 0 amide bonds. The third-order valence-electron chi connectivity index (χ3n) is 2.57. The summed E-state index contributed by atoms with van der Waals surface area (Å²) in [5.41, 5.74) is 2.09. The highest BCUT2D eigenvalue weighted by Gasteiger charge is 2.04. The van der Waals surface area contributed by atoms with Crippen LogP contribution in [0.3, 0.4) is 0 Å². The Morgan fingerprint density at radius 3 is 2.89 bits per heavy atom. The maximum atomic E-state index is 11.1. The standard InChI is InChI=1S/C15H19NO2/c1-16-12-6-5-9-13-7-3-4-8-14(13)10-11-15(17)18-2/h3-4,7-8,16H,6,10-12H2,1-2H3. The number of methoxy groups -OCH3 is 1. The predicted octanol–water partition coefficient (Wildman–Crippen LogP) is 1.75. The maximum Gasteiger partial charge on any atom is 0.305 e. The van der Waals surface area contributed by atoms with Gasteiger partial charge in [0.05, 0.1) is 7.11 Å². The summed E-state index contributed by atoms with van der Waals surface area (Å²) >= 11 is 0. The van der Waals surface area contributed by atoms with Crippen molar-refractivity contribution in [3.05, 3.63) is 35.4 Å². The fraction of sp³-hybridized carbons (Fsp3) is 0.400. The van der Waals surface area contributed by atoms with Crippen LogP contribution in [-0.2, 0) is 16.0 Å². The predicted molar refractivity (Wildman–Crippen MR) is 72.2 cm³/mol. The molecule has 3 heteroatoms. The van der Waals surface area contributed by atoms with Crippen LogP contribution in [0.2, 0.25) is 0 Å². The molecule has 0 bridgehead atoms. The minimum Gasteiger partial charge on any atom is -0.469 e. The van der Waals surface area contributed by atoms with Crippen LogP contribution in [0.4, 0.5) is 0 Å². The minimum absolute atomic E-state index is 0.187. The lowest BCUT2D eigenvalue weighted by atomic mass is 10.0. The van der Waals surface area contributed by atoms with Crippen molar-refractivity contribution in [3.8, 4) is 11.8 Å². The summed E-state index contributed by atoms with van der Waals surface area (Å²) in [5.74, 6) is 6.08. The van der Waals surface area contributed by atoms with E-state index in [1.54, 1.807) is 0 Å². The summed E-state index contributed by atoms with van der Waals surface area (Å²) in [7, 11) is 3.32. The van der Waals surface area contributed by atoms with Gasteiger partial charge in [-0.3, -0.25) is 4.79 Å². The fourth-order valence-electron chi connectivity index (χ4n) is 1.54. The number of esters is 1. The molecule has 0 saturated heterocycles. The fourth-order valence-corrected chi connectivity index (χ4v) is 1.54. The molecule has 0 unspecified atom stereocenters. The zero-order valence-corrected chi connectivity index (χ0v) is 11.0. The Bertz CT molecular complexity index is 443. The van der Waals surface area contributed by atoms with Crippen molar-refractivity contribution in [1.29, 1.82) is 0 Å². The summed E-state index contributed by atoms with van der Waals surface area (Å²) < 4.78 is 4.64. The van der Waals surface area contributed by atoms with Gasteiger partial charge in [0.15, 0.2) is 0 Å². The van der Waals surface area contributed by atoms with E-state index in [9.17, 15) is 4.79 Å². The second-order valence-electron chi connectivity index (χ2n) is 3.89. The molecule has 1 aromatic carbocycles. The number of ether oxygens (including phenoxy) is 1. The Morgan fingerprint density at radius 1 is 1.39 bits per heavy atom. The second-order valence-corrected chi connectivity index (χ2v) is 3.89. The van der Waals surface area contributed by atoms with Crippen molar-refractivity contribution < 1.29 is 9.53 Å². The van der Waals surface area contributed by atoms with Gasteiger partial charge in [-0.25, -0.2) is 0 Å². The third kappa shape index (κ3) is 5.03. The summed E-state index contributed by atoms with van der Waals surface area (Å²) in [6, 6.07) is 7.92. The van der Waals surface area contributed by atoms with Crippen LogP contribution in [0.5, 0.6) is 0 Å². The monoisotopic (exact) mass is 245 g/mol. The molecule has 18 heavy (non-hydrogen) atoms. The highest BCUT2D eigenvalue weighted by atomic mass is 16.5. The van der Waals surface area contributed by atoms with Gasteiger partial charge in [0.2, 0.25) is 0 Å². The number of aryl methyl sites for hydroxylation is 1. The lowest BCUT2D eigenvalue weighted by Gasteiger charge is -2.03. The number of hydrogen-bond donors (Lipinski definition) is 1. The molecule has 0 saturated carbocycles. The Kier molecular flexibility index (Phi) is 6.60. The molecule has 0 aliphatic carbocycles. The van der Waals surface area contributed by atoms with Crippen LogP contribution in [0.1, 0.15) is 24.0 Å². The van der Waals surface area contributed by atoms with E-state index in [1.165, 1.54) is 7.11 Å². The SMILES string of the molecule is CNCCC#Cc1ccccc1CCC(=O)OC. The van der Waals surface area contributed by atoms with Gasteiger partial charge in [-0.2, -0.15) is 0 Å². The van der Waals surface area contributed by atoms with Crippen molar-refractivity contribution in [3.63, 3.8) is 0 Å². The molecule has 1 aromatic rings. The molecule has 0 aromatic heterocycles. The van der Waals surface area contributed by atoms with Gasteiger partial charge in [0, 0.05) is 24.9 Å². The van der Waals surface area contributed by atoms with Crippen LogP contribution < -0.4 is 5.32 Å². The molecule has 0 heterocycles. The highest BCUT2D eigenvalue weighted by Crippen LogP contribution is 2.10. The average Bonchev–Trinajstić information content (AvgIpc) is 2.42. The normalized spacial score (nSPS) is 9.44. The summed E-state index contributed by atoms with van der Waals surface area (Å²) in [6.45, 7) is 0.886. The lowest BCUT2D eigenvalue weighted by Crippen LogP contribution is -2.06. The van der Waals surface area contributed by atoms with Gasteiger partial charge in [0.1, 0.15) is 0 Å². The number of nitrogens with one attached hydrogen (secondary N) is 1. The molecule has 0 aliphatic heterocycles. The quantitative estimate of drug-likeness (QED) is 0.488. The van der Waals surface area contributed by atoms with E-state index in [0.29, 0.717) is 12.8 Å². The molecule has 0 spiro atoms. The molecule has 0 atom stereocenters. The number of carbonyl (C=O) groups excluding carboxylic acids is 1. The molecular formula is C15H19NO2. The van der Waals surface area contributed by atoms with Crippen molar-refractivity contribution in [2.24, 2.45) is 0 Å². The Hall–Kier alpha value is -1.79. The van der Waals surface area contributed by atoms with E-state index in [0.717, 1.165) is 24.1 Å². The Balaban J connectivity index is 2.66. The number of benzene rings is 1. The molecule has 1 N–H and O–H groups in total. The minimum atomic E-state index is -0.187. The molecule has 1 rings (SSSR count). The van der Waals surface area contributed by atoms with Gasteiger partial charge >= 0.3 is 5.97 Å². The first-order chi connectivity index (χ1) is 8.77. The first kappa shape index (κ1) is 14.3. The Morgan fingerprint density at radius 2 is 2.17 bits per heavy atom. The van der Waals surface area contributed by atoms with E-state index in [1.807, 2.05) is 31.3 Å². The second kappa shape index (κ2) is 8.32. The van der Waals surface area contributed by atoms with E-state index in [4.69, 9.17) is 0 Å². The van der Waals surface area contributed by atoms with Gasteiger partial charge in [0.25, 0.3) is 0 Å². The average molecular weight is 245 g/mol. The molecular weight excluding hydrogens is 226 g/mol. The van der Waals surface area contributed by atoms with Gasteiger partial charge in [-0.05, 0) is 25.1 Å². The molecule has 96 valence electrons. The van der Waals surface area contributed by atoms with Crippen molar-refractivity contribution in [1.82, 2.24) is 5.32 Å². The zero-order valence-electron chi connectivity index (χ0n) is 11.0. The van der Waals surface area contributed by atoms with Gasteiger partial charge < -0.3 is 10.1 Å². The maximum absolute atomic E-state index is 11.1. The van der Waals surface area contributed by atoms with Crippen LogP contribution in [0, 0.1) is 11.8 Å². The smallest absolute Gasteiger partial charge is 0.305 e. The van der Waals surface area contributed by atoms with Crippen LogP contribution >= 0.6 is 0 Å². The first-order valence-corrected chi connectivity index (χ1v) is 6.06. The van der Waals surface area contributed by atoms with E-state index >= 15 is 0 Å². The zero-order chi connectivity index (χ0) is 13.2. The number of carbonyl (C=O) groups is 1. The first-order valence-electron chi connectivity index (χ1n) is 6.06. The molecule has 0 fully saturated rings. The Labute approximate surface area is 109 Å². The third-order valence-corrected chi connectivity index (χ3v) is 2.57. The summed E-state index contributed by atoms with van der Waals surface area (Å²) in [4.78, 5) is 11.1. The van der Waals surface area contributed by atoms with Gasteiger partial charge in [-0.15, -0.1) is 0 Å². The topological polar surface area (TPSA) is 38.3 Å². The molecule has 3 nitrogen and oxygen atoms in total. The summed E-state index contributed by atoms with van der Waals surface area (Å²) in [5, 5.41) is 3.05. The largest absolute Gasteiger partial charge is 0.469 e. The number of hydrogen-bond acceptors (Lipinski definition) is 3. The van der Waals surface area contributed by atoms with Crippen LogP contribution in [0.25, 0.3) is 0 Å². The number of rotatable bonds is 5. The van der Waals surface area contributed by atoms with Crippen molar-refractivity contribution >= 4 is 5.97 Å². The highest BCUT2D eigenvalue weighted by molar-refractivity contribution is 5.69.